The molecule has 0 bridgehead atoms. The number of hydrogen-bond donors (Lipinski definition) is 0. The maximum atomic E-state index is 12.3. The summed E-state index contributed by atoms with van der Waals surface area (Å²) in [7, 11) is 0. The molecule has 144 valence electrons. The summed E-state index contributed by atoms with van der Waals surface area (Å²) in [5.41, 5.74) is 1.34. The summed E-state index contributed by atoms with van der Waals surface area (Å²) in [5, 5.41) is 0.373. The Hall–Kier alpha value is -1.78. The summed E-state index contributed by atoms with van der Waals surface area (Å²) < 4.78 is 5.31. The lowest BCUT2D eigenvalue weighted by Gasteiger charge is -2.34. The minimum atomic E-state index is -0.0724. The number of thioether (sulfide) groups is 1. The highest BCUT2D eigenvalue weighted by Gasteiger charge is 2.30. The highest BCUT2D eigenvalue weighted by Crippen LogP contribution is 2.38. The van der Waals surface area contributed by atoms with Crippen LogP contribution in [-0.2, 0) is 9.53 Å². The average Bonchev–Trinajstić information content (AvgIpc) is 2.73. The number of hydrogen-bond acceptors (Lipinski definition) is 4. The first-order chi connectivity index (χ1) is 13.3. The zero-order valence-electron chi connectivity index (χ0n) is 16.0. The molecule has 0 saturated carbocycles. The second kappa shape index (κ2) is 10.5. The predicted molar refractivity (Wildman–Crippen MR) is 112 cm³/mol. The van der Waals surface area contributed by atoms with E-state index in [-0.39, 0.29) is 12.0 Å². The van der Waals surface area contributed by atoms with Gasteiger partial charge in [0.15, 0.2) is 0 Å². The molecule has 0 amide bonds. The summed E-state index contributed by atoms with van der Waals surface area (Å²) in [6.45, 7) is 4.25. The third-order valence-electron chi connectivity index (χ3n) is 5.04. The second-order valence-electron chi connectivity index (χ2n) is 6.92. The summed E-state index contributed by atoms with van der Waals surface area (Å²) in [6, 6.07) is 21.2. The van der Waals surface area contributed by atoms with Crippen LogP contribution in [0.25, 0.3) is 0 Å². The number of rotatable bonds is 8. The number of piperidine rings is 1. The van der Waals surface area contributed by atoms with E-state index in [0.29, 0.717) is 11.9 Å². The molecule has 1 heterocycles. The largest absolute Gasteiger partial charge is 0.465 e. The molecule has 3 rings (SSSR count). The van der Waals surface area contributed by atoms with Gasteiger partial charge in [0.25, 0.3) is 0 Å². The van der Waals surface area contributed by atoms with Crippen molar-refractivity contribution in [1.29, 1.82) is 0 Å². The van der Waals surface area contributed by atoms with E-state index in [9.17, 15) is 4.79 Å². The van der Waals surface area contributed by atoms with E-state index < -0.39 is 0 Å². The Kier molecular flexibility index (Phi) is 7.79. The quantitative estimate of drug-likeness (QED) is 0.455. The molecule has 27 heavy (non-hydrogen) atoms. The van der Waals surface area contributed by atoms with Gasteiger partial charge in [0.2, 0.25) is 0 Å². The van der Waals surface area contributed by atoms with Crippen LogP contribution in [0.1, 0.15) is 43.4 Å². The van der Waals surface area contributed by atoms with E-state index in [1.54, 1.807) is 0 Å². The number of carbonyl (C=O) groups excluding carboxylic acids is 1. The lowest BCUT2D eigenvalue weighted by atomic mass is 10.0. The molecule has 1 fully saturated rings. The summed E-state index contributed by atoms with van der Waals surface area (Å²) in [5.74, 6) is -0.0517. The van der Waals surface area contributed by atoms with Gasteiger partial charge in [-0.25, -0.2) is 0 Å². The maximum Gasteiger partial charge on any atom is 0.323 e. The topological polar surface area (TPSA) is 29.5 Å². The molecule has 0 radical (unpaired) electrons. The van der Waals surface area contributed by atoms with Crippen molar-refractivity contribution in [3.8, 4) is 0 Å². The van der Waals surface area contributed by atoms with E-state index in [1.165, 1.54) is 10.5 Å². The van der Waals surface area contributed by atoms with Gasteiger partial charge in [0.1, 0.15) is 6.04 Å². The Morgan fingerprint density at radius 2 is 1.81 bits per heavy atom. The summed E-state index contributed by atoms with van der Waals surface area (Å²) in [4.78, 5) is 16.0. The number of likely N-dealkylation sites (tertiary alicyclic amines) is 1. The highest BCUT2D eigenvalue weighted by molar-refractivity contribution is 7.99. The minimum absolute atomic E-state index is 0.0517. The van der Waals surface area contributed by atoms with Crippen LogP contribution in [0.15, 0.2) is 65.6 Å². The number of nitrogens with zero attached hydrogens (tertiary/aromatic N) is 1. The summed E-state index contributed by atoms with van der Waals surface area (Å²) >= 11 is 1.91. The molecular formula is C23H29NO2S. The molecule has 0 aliphatic carbocycles. The Balaban J connectivity index is 1.68. The first-order valence-electron chi connectivity index (χ1n) is 9.95. The van der Waals surface area contributed by atoms with Gasteiger partial charge in [-0.1, -0.05) is 55.0 Å². The third kappa shape index (κ3) is 5.85. The van der Waals surface area contributed by atoms with Gasteiger partial charge in [0, 0.05) is 16.7 Å². The molecular weight excluding hydrogens is 354 g/mol. The maximum absolute atomic E-state index is 12.3. The first kappa shape index (κ1) is 20.0. The van der Waals surface area contributed by atoms with Crippen LogP contribution in [0.3, 0.4) is 0 Å². The predicted octanol–water partition coefficient (Wildman–Crippen LogP) is 5.33. The molecule has 1 aliphatic heterocycles. The molecule has 2 aromatic rings. The SMILES string of the molecule is CCOC(=O)C1CCCCN1CCC(Sc1ccccc1)c1ccccc1. The van der Waals surface area contributed by atoms with Crippen molar-refractivity contribution in [2.75, 3.05) is 19.7 Å². The van der Waals surface area contributed by atoms with Crippen molar-refractivity contribution in [2.45, 2.75) is 48.8 Å². The highest BCUT2D eigenvalue weighted by atomic mass is 32.2. The van der Waals surface area contributed by atoms with Gasteiger partial charge < -0.3 is 4.74 Å². The average molecular weight is 384 g/mol. The van der Waals surface area contributed by atoms with E-state index in [4.69, 9.17) is 4.74 Å². The van der Waals surface area contributed by atoms with E-state index in [1.807, 2.05) is 18.7 Å². The molecule has 4 heteroatoms. The molecule has 1 aliphatic rings. The van der Waals surface area contributed by atoms with Gasteiger partial charge in [-0.05, 0) is 50.4 Å². The van der Waals surface area contributed by atoms with Crippen LogP contribution >= 0.6 is 11.8 Å². The van der Waals surface area contributed by atoms with Gasteiger partial charge in [0.05, 0.1) is 6.61 Å². The second-order valence-corrected chi connectivity index (χ2v) is 8.19. The van der Waals surface area contributed by atoms with Crippen LogP contribution in [0.5, 0.6) is 0 Å². The molecule has 1 saturated heterocycles. The summed E-state index contributed by atoms with van der Waals surface area (Å²) in [6.07, 6.45) is 4.21. The van der Waals surface area contributed by atoms with Crippen LogP contribution in [0.2, 0.25) is 0 Å². The fraction of sp³-hybridized carbons (Fsp3) is 0.435. The van der Waals surface area contributed by atoms with Crippen molar-refractivity contribution >= 4 is 17.7 Å². The van der Waals surface area contributed by atoms with Gasteiger partial charge in [-0.15, -0.1) is 11.8 Å². The van der Waals surface area contributed by atoms with Gasteiger partial charge in [-0.2, -0.15) is 0 Å². The van der Waals surface area contributed by atoms with Crippen molar-refractivity contribution in [1.82, 2.24) is 4.90 Å². The minimum Gasteiger partial charge on any atom is -0.465 e. The number of benzene rings is 2. The molecule has 3 nitrogen and oxygen atoms in total. The van der Waals surface area contributed by atoms with Crippen LogP contribution < -0.4 is 0 Å². The zero-order valence-corrected chi connectivity index (χ0v) is 16.9. The Morgan fingerprint density at radius 3 is 2.52 bits per heavy atom. The molecule has 0 aromatic heterocycles. The van der Waals surface area contributed by atoms with Crippen molar-refractivity contribution in [2.24, 2.45) is 0 Å². The first-order valence-corrected chi connectivity index (χ1v) is 10.8. The molecule has 2 unspecified atom stereocenters. The van der Waals surface area contributed by atoms with Gasteiger partial charge in [-0.3, -0.25) is 9.69 Å². The van der Waals surface area contributed by atoms with E-state index >= 15 is 0 Å². The smallest absolute Gasteiger partial charge is 0.323 e. The molecule has 0 N–H and O–H groups in total. The monoisotopic (exact) mass is 383 g/mol. The lowest BCUT2D eigenvalue weighted by molar-refractivity contribution is -0.150. The zero-order chi connectivity index (χ0) is 18.9. The van der Waals surface area contributed by atoms with Crippen molar-refractivity contribution in [3.05, 3.63) is 66.2 Å². The van der Waals surface area contributed by atoms with Crippen molar-refractivity contribution < 1.29 is 9.53 Å². The fourth-order valence-electron chi connectivity index (χ4n) is 3.67. The molecule has 2 atom stereocenters. The van der Waals surface area contributed by atoms with Crippen LogP contribution in [0.4, 0.5) is 0 Å². The standard InChI is InChI=1S/C23H29NO2S/c1-2-26-23(25)21-15-9-10-17-24(21)18-16-22(19-11-5-3-6-12-19)27-20-13-7-4-8-14-20/h3-8,11-14,21-22H,2,9-10,15-18H2,1H3. The lowest BCUT2D eigenvalue weighted by Crippen LogP contribution is -2.46. The Bertz CT molecular complexity index is 692. The molecule has 0 spiro atoms. The van der Waals surface area contributed by atoms with E-state index in [0.717, 1.165) is 38.8 Å². The number of esters is 1. The van der Waals surface area contributed by atoms with Crippen molar-refractivity contribution in [3.63, 3.8) is 0 Å². The third-order valence-corrected chi connectivity index (χ3v) is 6.38. The van der Waals surface area contributed by atoms with Crippen LogP contribution in [-0.4, -0.2) is 36.6 Å². The molecule has 2 aromatic carbocycles. The Labute approximate surface area is 167 Å². The number of carbonyl (C=O) groups is 1. The normalized spacial score (nSPS) is 18.8. The number of ether oxygens (including phenoxy) is 1. The van der Waals surface area contributed by atoms with Gasteiger partial charge >= 0.3 is 5.97 Å². The fourth-order valence-corrected chi connectivity index (χ4v) is 4.83. The van der Waals surface area contributed by atoms with E-state index in [2.05, 4.69) is 65.6 Å². The van der Waals surface area contributed by atoms with Crippen LogP contribution in [0, 0.1) is 0 Å². The Morgan fingerprint density at radius 1 is 1.11 bits per heavy atom.